The second-order valence-electron chi connectivity index (χ2n) is 5.32. The molecule has 0 amide bonds. The first-order valence-corrected chi connectivity index (χ1v) is 6.77. The Kier molecular flexibility index (Phi) is 3.34. The lowest BCUT2D eigenvalue weighted by Gasteiger charge is -2.06. The summed E-state index contributed by atoms with van der Waals surface area (Å²) < 4.78 is 13.4. The van der Waals surface area contributed by atoms with Gasteiger partial charge in [-0.25, -0.2) is 4.39 Å². The summed E-state index contributed by atoms with van der Waals surface area (Å²) in [6, 6.07) is 16.6. The highest BCUT2D eigenvalue weighted by Gasteiger charge is 2.37. The molecular formula is C17H18FN. The summed E-state index contributed by atoms with van der Waals surface area (Å²) in [6.07, 6.45) is 1.18. The fourth-order valence-electron chi connectivity index (χ4n) is 2.48. The highest BCUT2D eigenvalue weighted by Crippen LogP contribution is 2.40. The second-order valence-corrected chi connectivity index (χ2v) is 5.32. The van der Waals surface area contributed by atoms with Gasteiger partial charge in [-0.3, -0.25) is 0 Å². The zero-order valence-corrected chi connectivity index (χ0v) is 11.1. The lowest BCUT2D eigenvalue weighted by molar-refractivity contribution is 0.610. The highest BCUT2D eigenvalue weighted by atomic mass is 19.1. The van der Waals surface area contributed by atoms with Crippen LogP contribution in [0.15, 0.2) is 48.5 Å². The quantitative estimate of drug-likeness (QED) is 0.876. The van der Waals surface area contributed by atoms with E-state index in [1.807, 2.05) is 18.2 Å². The van der Waals surface area contributed by atoms with Gasteiger partial charge in [-0.2, -0.15) is 0 Å². The van der Waals surface area contributed by atoms with Crippen molar-refractivity contribution in [2.75, 3.05) is 0 Å². The molecule has 0 bridgehead atoms. The van der Waals surface area contributed by atoms with Gasteiger partial charge >= 0.3 is 0 Å². The van der Waals surface area contributed by atoms with Crippen LogP contribution in [0.3, 0.4) is 0 Å². The average Bonchev–Trinajstić information content (AvgIpc) is 3.21. The Labute approximate surface area is 113 Å². The molecule has 0 heterocycles. The zero-order chi connectivity index (χ0) is 13.2. The van der Waals surface area contributed by atoms with Crippen LogP contribution >= 0.6 is 0 Å². The Morgan fingerprint density at radius 1 is 1.16 bits per heavy atom. The minimum absolute atomic E-state index is 0.116. The maximum atomic E-state index is 13.4. The van der Waals surface area contributed by atoms with Crippen molar-refractivity contribution in [1.29, 1.82) is 0 Å². The predicted molar refractivity (Wildman–Crippen MR) is 75.6 cm³/mol. The van der Waals surface area contributed by atoms with E-state index in [9.17, 15) is 4.39 Å². The summed E-state index contributed by atoms with van der Waals surface area (Å²) in [4.78, 5) is 0. The van der Waals surface area contributed by atoms with Gasteiger partial charge in [0.05, 0.1) is 0 Å². The molecule has 98 valence electrons. The molecule has 0 spiro atoms. The molecule has 1 saturated carbocycles. The summed E-state index contributed by atoms with van der Waals surface area (Å²) in [5.41, 5.74) is 3.12. The molecule has 1 aliphatic carbocycles. The third kappa shape index (κ3) is 2.85. The molecule has 19 heavy (non-hydrogen) atoms. The SMILES string of the molecule is Cc1ccc(CNC2CC2c2ccccc2)cc1F. The van der Waals surface area contributed by atoms with E-state index in [0.717, 1.165) is 12.1 Å². The number of hydrogen-bond acceptors (Lipinski definition) is 1. The van der Waals surface area contributed by atoms with E-state index in [-0.39, 0.29) is 5.82 Å². The van der Waals surface area contributed by atoms with Crippen molar-refractivity contribution in [2.45, 2.75) is 31.8 Å². The van der Waals surface area contributed by atoms with Crippen molar-refractivity contribution in [2.24, 2.45) is 0 Å². The van der Waals surface area contributed by atoms with E-state index >= 15 is 0 Å². The Balaban J connectivity index is 1.56. The number of benzene rings is 2. The fourth-order valence-corrected chi connectivity index (χ4v) is 2.48. The zero-order valence-electron chi connectivity index (χ0n) is 11.1. The van der Waals surface area contributed by atoms with Crippen LogP contribution in [-0.4, -0.2) is 6.04 Å². The summed E-state index contributed by atoms with van der Waals surface area (Å²) in [5, 5.41) is 3.50. The Hall–Kier alpha value is -1.67. The molecule has 1 N–H and O–H groups in total. The van der Waals surface area contributed by atoms with Crippen LogP contribution in [0.2, 0.25) is 0 Å². The van der Waals surface area contributed by atoms with Crippen molar-refractivity contribution >= 4 is 0 Å². The van der Waals surface area contributed by atoms with Crippen molar-refractivity contribution in [3.8, 4) is 0 Å². The van der Waals surface area contributed by atoms with E-state index in [4.69, 9.17) is 0 Å². The largest absolute Gasteiger partial charge is 0.309 e. The van der Waals surface area contributed by atoms with Crippen LogP contribution in [0, 0.1) is 12.7 Å². The van der Waals surface area contributed by atoms with Gasteiger partial charge in [0.25, 0.3) is 0 Å². The Morgan fingerprint density at radius 2 is 1.95 bits per heavy atom. The van der Waals surface area contributed by atoms with E-state index in [0.29, 0.717) is 17.5 Å². The first kappa shape index (κ1) is 12.4. The van der Waals surface area contributed by atoms with Crippen LogP contribution in [0.5, 0.6) is 0 Å². The van der Waals surface area contributed by atoms with Crippen molar-refractivity contribution in [1.82, 2.24) is 5.32 Å². The maximum Gasteiger partial charge on any atom is 0.126 e. The topological polar surface area (TPSA) is 12.0 Å². The lowest BCUT2D eigenvalue weighted by Crippen LogP contribution is -2.17. The minimum atomic E-state index is -0.116. The molecule has 1 aliphatic rings. The van der Waals surface area contributed by atoms with Crippen molar-refractivity contribution in [3.63, 3.8) is 0 Å². The van der Waals surface area contributed by atoms with Crippen molar-refractivity contribution < 1.29 is 4.39 Å². The summed E-state index contributed by atoms with van der Waals surface area (Å²) >= 11 is 0. The van der Waals surface area contributed by atoms with Crippen LogP contribution in [0.4, 0.5) is 4.39 Å². The van der Waals surface area contributed by atoms with Gasteiger partial charge < -0.3 is 5.32 Å². The lowest BCUT2D eigenvalue weighted by atomic mass is 10.1. The van der Waals surface area contributed by atoms with Crippen molar-refractivity contribution in [3.05, 3.63) is 71.0 Å². The molecule has 1 nitrogen and oxygen atoms in total. The van der Waals surface area contributed by atoms with Gasteiger partial charge in [0, 0.05) is 18.5 Å². The summed E-state index contributed by atoms with van der Waals surface area (Å²) in [6.45, 7) is 2.53. The summed E-state index contributed by atoms with van der Waals surface area (Å²) in [5.74, 6) is 0.506. The molecule has 0 aromatic heterocycles. The molecule has 2 aromatic carbocycles. The van der Waals surface area contributed by atoms with Gasteiger partial charge in [0.2, 0.25) is 0 Å². The standard InChI is InChI=1S/C17H18FN/c1-12-7-8-13(9-16(12)18)11-19-17-10-15(17)14-5-3-2-4-6-14/h2-9,15,17,19H,10-11H2,1H3. The number of aryl methyl sites for hydroxylation is 1. The molecule has 0 radical (unpaired) electrons. The molecule has 0 saturated heterocycles. The van der Waals surface area contributed by atoms with Gasteiger partial charge in [-0.1, -0.05) is 42.5 Å². The molecule has 1 fully saturated rings. The predicted octanol–water partition coefficient (Wildman–Crippen LogP) is 3.78. The van der Waals surface area contributed by atoms with E-state index in [2.05, 4.69) is 29.6 Å². The van der Waals surface area contributed by atoms with Crippen LogP contribution in [-0.2, 0) is 6.54 Å². The smallest absolute Gasteiger partial charge is 0.126 e. The molecule has 2 aromatic rings. The second kappa shape index (κ2) is 5.14. The van der Waals surface area contributed by atoms with E-state index in [1.54, 1.807) is 13.0 Å². The number of rotatable bonds is 4. The number of nitrogens with one attached hydrogen (secondary N) is 1. The van der Waals surface area contributed by atoms with E-state index < -0.39 is 0 Å². The molecule has 3 rings (SSSR count). The molecular weight excluding hydrogens is 237 g/mol. The molecule has 2 heteroatoms. The minimum Gasteiger partial charge on any atom is -0.309 e. The molecule has 0 aliphatic heterocycles. The first-order chi connectivity index (χ1) is 9.24. The van der Waals surface area contributed by atoms with Gasteiger partial charge in [-0.05, 0) is 36.1 Å². The van der Waals surface area contributed by atoms with E-state index in [1.165, 1.54) is 12.0 Å². The molecule has 2 unspecified atom stereocenters. The highest BCUT2D eigenvalue weighted by molar-refractivity contribution is 5.28. The number of halogens is 1. The Morgan fingerprint density at radius 3 is 2.68 bits per heavy atom. The van der Waals surface area contributed by atoms with Gasteiger partial charge in [0.1, 0.15) is 5.82 Å². The summed E-state index contributed by atoms with van der Waals surface area (Å²) in [7, 11) is 0. The van der Waals surface area contributed by atoms with Gasteiger partial charge in [0.15, 0.2) is 0 Å². The molecule has 2 atom stereocenters. The average molecular weight is 255 g/mol. The van der Waals surface area contributed by atoms with Crippen LogP contribution in [0.1, 0.15) is 29.0 Å². The van der Waals surface area contributed by atoms with Crippen LogP contribution < -0.4 is 5.32 Å². The normalized spacial score (nSPS) is 21.4. The third-order valence-corrected chi connectivity index (χ3v) is 3.82. The Bertz CT molecular complexity index is 565. The fraction of sp³-hybridized carbons (Fsp3) is 0.294. The van der Waals surface area contributed by atoms with Crippen LogP contribution in [0.25, 0.3) is 0 Å². The third-order valence-electron chi connectivity index (χ3n) is 3.82. The monoisotopic (exact) mass is 255 g/mol. The van der Waals surface area contributed by atoms with Gasteiger partial charge in [-0.15, -0.1) is 0 Å². The first-order valence-electron chi connectivity index (χ1n) is 6.77. The number of hydrogen-bond donors (Lipinski definition) is 1. The maximum absolute atomic E-state index is 13.4.